The van der Waals surface area contributed by atoms with Crippen LogP contribution in [0.1, 0.15) is 64.4 Å². The van der Waals surface area contributed by atoms with Gasteiger partial charge in [0.25, 0.3) is 0 Å². The number of aliphatic hydroxyl groups is 1. The van der Waals surface area contributed by atoms with Crippen LogP contribution in [-0.2, 0) is 6.42 Å². The van der Waals surface area contributed by atoms with Crippen LogP contribution in [0.2, 0.25) is 0 Å². The Hall–Kier alpha value is -1.02. The van der Waals surface area contributed by atoms with Gasteiger partial charge in [-0.25, -0.2) is 0 Å². The number of hydrogen-bond donors (Lipinski definition) is 1. The predicted octanol–water partition coefficient (Wildman–Crippen LogP) is 4.49. The summed E-state index contributed by atoms with van der Waals surface area (Å²) in [5.74, 6) is 0.951. The lowest BCUT2D eigenvalue weighted by Gasteiger charge is -2.32. The Labute approximate surface area is 123 Å². The Morgan fingerprint density at radius 1 is 1.25 bits per heavy atom. The van der Waals surface area contributed by atoms with Crippen molar-refractivity contribution >= 4 is 0 Å². The third-order valence-electron chi connectivity index (χ3n) is 4.47. The van der Waals surface area contributed by atoms with E-state index in [2.05, 4.69) is 32.0 Å². The van der Waals surface area contributed by atoms with Crippen LogP contribution in [0, 0.1) is 0 Å². The first-order valence-corrected chi connectivity index (χ1v) is 8.09. The molecule has 1 aromatic rings. The molecule has 0 saturated heterocycles. The molecule has 2 heteroatoms. The molecule has 2 rings (SSSR count). The minimum atomic E-state index is -0.425. The first-order valence-electron chi connectivity index (χ1n) is 8.09. The van der Waals surface area contributed by atoms with E-state index in [1.165, 1.54) is 24.8 Å². The Bertz CT molecular complexity index is 408. The van der Waals surface area contributed by atoms with E-state index in [1.807, 2.05) is 6.07 Å². The second kappa shape index (κ2) is 7.12. The van der Waals surface area contributed by atoms with Gasteiger partial charge in [-0.1, -0.05) is 38.3 Å². The van der Waals surface area contributed by atoms with Crippen LogP contribution in [-0.4, -0.2) is 16.8 Å². The largest absolute Gasteiger partial charge is 0.491 e. The van der Waals surface area contributed by atoms with E-state index in [0.717, 1.165) is 37.9 Å². The van der Waals surface area contributed by atoms with Gasteiger partial charge in [0.2, 0.25) is 0 Å². The van der Waals surface area contributed by atoms with Crippen LogP contribution in [0.15, 0.2) is 24.3 Å². The standard InChI is InChI=1S/C18H28O2/c1-3-15(2)20-17-9-7-8-16(14-17)10-13-18(19)11-5-4-6-12-18/h7-9,14-15,19H,3-6,10-13H2,1-2H3/t15-/m0/s1. The molecule has 0 heterocycles. The molecule has 0 aliphatic heterocycles. The maximum atomic E-state index is 10.6. The summed E-state index contributed by atoms with van der Waals surface area (Å²) in [7, 11) is 0. The molecular weight excluding hydrogens is 248 g/mol. The van der Waals surface area contributed by atoms with Crippen LogP contribution < -0.4 is 4.74 Å². The van der Waals surface area contributed by atoms with E-state index in [4.69, 9.17) is 4.74 Å². The van der Waals surface area contributed by atoms with Crippen LogP contribution in [0.5, 0.6) is 5.75 Å². The quantitative estimate of drug-likeness (QED) is 0.829. The Morgan fingerprint density at radius 3 is 2.70 bits per heavy atom. The zero-order valence-corrected chi connectivity index (χ0v) is 12.9. The smallest absolute Gasteiger partial charge is 0.119 e. The van der Waals surface area contributed by atoms with E-state index in [9.17, 15) is 5.11 Å². The number of rotatable bonds is 6. The third-order valence-corrected chi connectivity index (χ3v) is 4.47. The Morgan fingerprint density at radius 2 is 2.00 bits per heavy atom. The number of hydrogen-bond acceptors (Lipinski definition) is 2. The van der Waals surface area contributed by atoms with Crippen molar-refractivity contribution in [2.45, 2.75) is 76.9 Å². The highest BCUT2D eigenvalue weighted by molar-refractivity contribution is 5.29. The highest BCUT2D eigenvalue weighted by Crippen LogP contribution is 2.32. The summed E-state index contributed by atoms with van der Waals surface area (Å²) in [6, 6.07) is 8.33. The van der Waals surface area contributed by atoms with E-state index in [1.54, 1.807) is 0 Å². The summed E-state index contributed by atoms with van der Waals surface area (Å²) in [6.45, 7) is 4.23. The molecule has 0 bridgehead atoms. The van der Waals surface area contributed by atoms with Crippen molar-refractivity contribution in [3.8, 4) is 5.75 Å². The molecule has 1 N–H and O–H groups in total. The minimum absolute atomic E-state index is 0.257. The summed E-state index contributed by atoms with van der Waals surface area (Å²) in [5, 5.41) is 10.6. The van der Waals surface area contributed by atoms with Crippen LogP contribution >= 0.6 is 0 Å². The maximum Gasteiger partial charge on any atom is 0.119 e. The first kappa shape index (κ1) is 15.4. The van der Waals surface area contributed by atoms with Crippen molar-refractivity contribution in [1.29, 1.82) is 0 Å². The summed E-state index contributed by atoms with van der Waals surface area (Å²) in [6.07, 6.45) is 8.65. The molecule has 1 aliphatic rings. The molecule has 20 heavy (non-hydrogen) atoms. The molecule has 0 radical (unpaired) electrons. The molecule has 0 unspecified atom stereocenters. The highest BCUT2D eigenvalue weighted by Gasteiger charge is 2.28. The predicted molar refractivity (Wildman–Crippen MR) is 83.2 cm³/mol. The number of aryl methyl sites for hydroxylation is 1. The summed E-state index contributed by atoms with van der Waals surface area (Å²) >= 11 is 0. The molecular formula is C18H28O2. The van der Waals surface area contributed by atoms with E-state index in [-0.39, 0.29) is 6.10 Å². The van der Waals surface area contributed by atoms with Gasteiger partial charge in [-0.15, -0.1) is 0 Å². The molecule has 1 aliphatic carbocycles. The van der Waals surface area contributed by atoms with Gasteiger partial charge >= 0.3 is 0 Å². The molecule has 1 aromatic carbocycles. The molecule has 0 amide bonds. The monoisotopic (exact) mass is 276 g/mol. The van der Waals surface area contributed by atoms with Crippen LogP contribution in [0.4, 0.5) is 0 Å². The van der Waals surface area contributed by atoms with Gasteiger partial charge in [0, 0.05) is 0 Å². The van der Waals surface area contributed by atoms with Gasteiger partial charge in [-0.3, -0.25) is 0 Å². The van der Waals surface area contributed by atoms with Crippen molar-refractivity contribution in [2.24, 2.45) is 0 Å². The molecule has 0 spiro atoms. The van der Waals surface area contributed by atoms with Gasteiger partial charge in [-0.2, -0.15) is 0 Å². The van der Waals surface area contributed by atoms with Crippen molar-refractivity contribution in [3.05, 3.63) is 29.8 Å². The van der Waals surface area contributed by atoms with Crippen molar-refractivity contribution < 1.29 is 9.84 Å². The van der Waals surface area contributed by atoms with Gasteiger partial charge < -0.3 is 9.84 Å². The van der Waals surface area contributed by atoms with Crippen LogP contribution in [0.25, 0.3) is 0 Å². The SMILES string of the molecule is CC[C@H](C)Oc1cccc(CCC2(O)CCCCC2)c1. The third kappa shape index (κ3) is 4.52. The highest BCUT2D eigenvalue weighted by atomic mass is 16.5. The first-order chi connectivity index (χ1) is 9.61. The fourth-order valence-corrected chi connectivity index (χ4v) is 2.93. The fraction of sp³-hybridized carbons (Fsp3) is 0.667. The normalized spacial score (nSPS) is 19.6. The van der Waals surface area contributed by atoms with Gasteiger partial charge in [0.05, 0.1) is 11.7 Å². The molecule has 1 saturated carbocycles. The molecule has 112 valence electrons. The lowest BCUT2D eigenvalue weighted by molar-refractivity contribution is -0.00343. The zero-order valence-electron chi connectivity index (χ0n) is 12.9. The zero-order chi connectivity index (χ0) is 14.4. The van der Waals surface area contributed by atoms with Crippen molar-refractivity contribution in [1.82, 2.24) is 0 Å². The van der Waals surface area contributed by atoms with Crippen LogP contribution in [0.3, 0.4) is 0 Å². The lowest BCUT2D eigenvalue weighted by Crippen LogP contribution is -2.31. The average molecular weight is 276 g/mol. The fourth-order valence-electron chi connectivity index (χ4n) is 2.93. The van der Waals surface area contributed by atoms with Gasteiger partial charge in [0.1, 0.15) is 5.75 Å². The molecule has 0 aromatic heterocycles. The van der Waals surface area contributed by atoms with Gasteiger partial charge in [0.15, 0.2) is 0 Å². The summed E-state index contributed by atoms with van der Waals surface area (Å²) in [5.41, 5.74) is 0.844. The van der Waals surface area contributed by atoms with E-state index >= 15 is 0 Å². The van der Waals surface area contributed by atoms with Crippen molar-refractivity contribution in [2.75, 3.05) is 0 Å². The topological polar surface area (TPSA) is 29.5 Å². The Kier molecular flexibility index (Phi) is 5.47. The minimum Gasteiger partial charge on any atom is -0.491 e. The molecule has 1 atom stereocenters. The summed E-state index contributed by atoms with van der Waals surface area (Å²) in [4.78, 5) is 0. The second-order valence-corrected chi connectivity index (χ2v) is 6.27. The van der Waals surface area contributed by atoms with Crippen molar-refractivity contribution in [3.63, 3.8) is 0 Å². The van der Waals surface area contributed by atoms with E-state index in [0.29, 0.717) is 0 Å². The molecule has 2 nitrogen and oxygen atoms in total. The maximum absolute atomic E-state index is 10.6. The lowest BCUT2D eigenvalue weighted by atomic mass is 9.81. The average Bonchev–Trinajstić information content (AvgIpc) is 2.46. The second-order valence-electron chi connectivity index (χ2n) is 6.27. The summed E-state index contributed by atoms with van der Waals surface area (Å²) < 4.78 is 5.86. The molecule has 1 fully saturated rings. The Balaban J connectivity index is 1.90. The number of ether oxygens (including phenoxy) is 1. The number of benzene rings is 1. The van der Waals surface area contributed by atoms with E-state index < -0.39 is 5.60 Å². The van der Waals surface area contributed by atoms with Gasteiger partial charge in [-0.05, 0) is 56.7 Å².